The summed E-state index contributed by atoms with van der Waals surface area (Å²) < 4.78 is 0. The van der Waals surface area contributed by atoms with Gasteiger partial charge in [-0.3, -0.25) is 5.01 Å². The zero-order chi connectivity index (χ0) is 13.0. The molecule has 1 heterocycles. The highest BCUT2D eigenvalue weighted by Gasteiger charge is 2.23. The van der Waals surface area contributed by atoms with E-state index in [1.807, 2.05) is 30.3 Å². The van der Waals surface area contributed by atoms with Crippen molar-refractivity contribution in [2.24, 2.45) is 11.7 Å². The lowest BCUT2D eigenvalue weighted by Crippen LogP contribution is -2.51. The summed E-state index contributed by atoms with van der Waals surface area (Å²) in [5.41, 5.74) is 6.60. The maximum atomic E-state index is 11.6. The first-order chi connectivity index (χ1) is 8.66. The standard InChI is InChI=1S/C14H21N3O/c1-12-7-9-16(10-8-12)17(14(15)18)11-13-5-3-2-4-6-13/h2-6,12H,7-11H2,1H3,(H2,15,18). The fourth-order valence-electron chi connectivity index (χ4n) is 2.31. The molecule has 0 aliphatic carbocycles. The van der Waals surface area contributed by atoms with Gasteiger partial charge in [-0.25, -0.2) is 9.80 Å². The molecule has 18 heavy (non-hydrogen) atoms. The summed E-state index contributed by atoms with van der Waals surface area (Å²) in [6, 6.07) is 9.60. The fourth-order valence-corrected chi connectivity index (χ4v) is 2.31. The first kappa shape index (κ1) is 12.9. The molecule has 0 aromatic heterocycles. The Morgan fingerprint density at radius 2 is 1.94 bits per heavy atom. The van der Waals surface area contributed by atoms with Gasteiger partial charge in [0.2, 0.25) is 0 Å². The molecule has 1 aromatic carbocycles. The van der Waals surface area contributed by atoms with E-state index in [1.54, 1.807) is 5.01 Å². The maximum absolute atomic E-state index is 11.6. The molecule has 2 rings (SSSR count). The van der Waals surface area contributed by atoms with Crippen LogP contribution in [-0.4, -0.2) is 29.1 Å². The third kappa shape index (κ3) is 3.23. The Hall–Kier alpha value is -1.55. The lowest BCUT2D eigenvalue weighted by atomic mass is 10.0. The molecule has 1 aliphatic heterocycles. The number of piperidine rings is 1. The largest absolute Gasteiger partial charge is 0.350 e. The minimum absolute atomic E-state index is 0.367. The van der Waals surface area contributed by atoms with E-state index in [9.17, 15) is 4.79 Å². The molecule has 1 fully saturated rings. The molecule has 0 saturated carbocycles. The maximum Gasteiger partial charge on any atom is 0.329 e. The molecule has 0 radical (unpaired) electrons. The molecular weight excluding hydrogens is 226 g/mol. The Kier molecular flexibility index (Phi) is 4.20. The Labute approximate surface area is 108 Å². The van der Waals surface area contributed by atoms with Gasteiger partial charge in [-0.05, 0) is 24.3 Å². The topological polar surface area (TPSA) is 49.6 Å². The number of carbonyl (C=O) groups excluding carboxylic acids is 1. The second kappa shape index (κ2) is 5.87. The van der Waals surface area contributed by atoms with Crippen LogP contribution in [0.25, 0.3) is 0 Å². The molecule has 0 spiro atoms. The second-order valence-electron chi connectivity index (χ2n) is 5.02. The van der Waals surface area contributed by atoms with Gasteiger partial charge in [0.1, 0.15) is 0 Å². The van der Waals surface area contributed by atoms with Gasteiger partial charge in [0.05, 0.1) is 6.54 Å². The Bertz CT molecular complexity index is 385. The normalized spacial score (nSPS) is 17.6. The Morgan fingerprint density at radius 3 is 2.50 bits per heavy atom. The molecule has 0 unspecified atom stereocenters. The monoisotopic (exact) mass is 247 g/mol. The number of amides is 2. The molecule has 1 saturated heterocycles. The van der Waals surface area contributed by atoms with Crippen molar-refractivity contribution in [1.29, 1.82) is 0 Å². The van der Waals surface area contributed by atoms with E-state index in [2.05, 4.69) is 11.9 Å². The summed E-state index contributed by atoms with van der Waals surface area (Å²) in [7, 11) is 0. The molecule has 2 N–H and O–H groups in total. The van der Waals surface area contributed by atoms with E-state index in [4.69, 9.17) is 5.73 Å². The Morgan fingerprint density at radius 1 is 1.33 bits per heavy atom. The quantitative estimate of drug-likeness (QED) is 0.890. The van der Waals surface area contributed by atoms with Crippen LogP contribution in [0.5, 0.6) is 0 Å². The molecular formula is C14H21N3O. The van der Waals surface area contributed by atoms with Crippen LogP contribution >= 0.6 is 0 Å². The van der Waals surface area contributed by atoms with Crippen molar-refractivity contribution in [3.63, 3.8) is 0 Å². The van der Waals surface area contributed by atoms with Crippen molar-refractivity contribution in [1.82, 2.24) is 10.0 Å². The predicted molar refractivity (Wildman–Crippen MR) is 71.5 cm³/mol. The number of hydrazine groups is 1. The lowest BCUT2D eigenvalue weighted by Gasteiger charge is -2.38. The minimum Gasteiger partial charge on any atom is -0.350 e. The van der Waals surface area contributed by atoms with E-state index in [0.29, 0.717) is 6.54 Å². The molecule has 0 bridgehead atoms. The van der Waals surface area contributed by atoms with Gasteiger partial charge in [-0.1, -0.05) is 37.3 Å². The second-order valence-corrected chi connectivity index (χ2v) is 5.02. The van der Waals surface area contributed by atoms with Gasteiger partial charge in [-0.2, -0.15) is 0 Å². The van der Waals surface area contributed by atoms with E-state index < -0.39 is 0 Å². The molecule has 1 aliphatic rings. The van der Waals surface area contributed by atoms with E-state index >= 15 is 0 Å². The van der Waals surface area contributed by atoms with Crippen LogP contribution in [0.3, 0.4) is 0 Å². The number of hydrogen-bond donors (Lipinski definition) is 1. The first-order valence-electron chi connectivity index (χ1n) is 6.52. The lowest BCUT2D eigenvalue weighted by molar-refractivity contribution is -0.0144. The third-order valence-electron chi connectivity index (χ3n) is 3.53. The summed E-state index contributed by atoms with van der Waals surface area (Å²) in [5, 5.41) is 3.75. The van der Waals surface area contributed by atoms with E-state index in [0.717, 1.165) is 37.4 Å². The van der Waals surface area contributed by atoms with Crippen molar-refractivity contribution in [3.05, 3.63) is 35.9 Å². The van der Waals surface area contributed by atoms with Crippen LogP contribution in [0.15, 0.2) is 30.3 Å². The summed E-state index contributed by atoms with van der Waals surface area (Å²) >= 11 is 0. The van der Waals surface area contributed by atoms with E-state index in [1.165, 1.54) is 0 Å². The van der Waals surface area contributed by atoms with Crippen LogP contribution in [0, 0.1) is 5.92 Å². The van der Waals surface area contributed by atoms with Gasteiger partial charge >= 0.3 is 6.03 Å². The van der Waals surface area contributed by atoms with Gasteiger partial charge in [0.15, 0.2) is 0 Å². The van der Waals surface area contributed by atoms with Crippen LogP contribution in [0.4, 0.5) is 4.79 Å². The highest BCUT2D eigenvalue weighted by Crippen LogP contribution is 2.19. The van der Waals surface area contributed by atoms with Crippen molar-refractivity contribution < 1.29 is 4.79 Å². The van der Waals surface area contributed by atoms with Gasteiger partial charge < -0.3 is 5.73 Å². The number of nitrogens with two attached hydrogens (primary N) is 1. The van der Waals surface area contributed by atoms with Gasteiger partial charge in [0, 0.05) is 13.1 Å². The molecule has 1 aromatic rings. The van der Waals surface area contributed by atoms with Gasteiger partial charge in [-0.15, -0.1) is 0 Å². The summed E-state index contributed by atoms with van der Waals surface area (Å²) in [5.74, 6) is 0.743. The smallest absolute Gasteiger partial charge is 0.329 e. The average Bonchev–Trinajstić information content (AvgIpc) is 2.38. The van der Waals surface area contributed by atoms with Crippen molar-refractivity contribution in [2.45, 2.75) is 26.3 Å². The number of benzene rings is 1. The highest BCUT2D eigenvalue weighted by molar-refractivity contribution is 5.71. The number of carbonyl (C=O) groups is 1. The van der Waals surface area contributed by atoms with Crippen LogP contribution in [0.1, 0.15) is 25.3 Å². The highest BCUT2D eigenvalue weighted by atomic mass is 16.2. The molecule has 2 amide bonds. The number of urea groups is 1. The predicted octanol–water partition coefficient (Wildman–Crippen LogP) is 2.21. The zero-order valence-electron chi connectivity index (χ0n) is 10.9. The van der Waals surface area contributed by atoms with E-state index in [-0.39, 0.29) is 6.03 Å². The summed E-state index contributed by atoms with van der Waals surface area (Å²) in [4.78, 5) is 11.6. The third-order valence-corrected chi connectivity index (χ3v) is 3.53. The van der Waals surface area contributed by atoms with Crippen molar-refractivity contribution in [2.75, 3.05) is 13.1 Å². The molecule has 98 valence electrons. The molecule has 4 heteroatoms. The average molecular weight is 247 g/mol. The van der Waals surface area contributed by atoms with Gasteiger partial charge in [0.25, 0.3) is 0 Å². The van der Waals surface area contributed by atoms with Crippen LogP contribution < -0.4 is 5.73 Å². The Balaban J connectivity index is 2.02. The molecule has 4 nitrogen and oxygen atoms in total. The van der Waals surface area contributed by atoms with Crippen molar-refractivity contribution >= 4 is 6.03 Å². The van der Waals surface area contributed by atoms with Crippen LogP contribution in [-0.2, 0) is 6.54 Å². The fraction of sp³-hybridized carbons (Fsp3) is 0.500. The summed E-state index contributed by atoms with van der Waals surface area (Å²) in [6.07, 6.45) is 2.25. The number of nitrogens with zero attached hydrogens (tertiary/aromatic N) is 2. The van der Waals surface area contributed by atoms with Crippen LogP contribution in [0.2, 0.25) is 0 Å². The number of primary amides is 1. The van der Waals surface area contributed by atoms with Crippen molar-refractivity contribution in [3.8, 4) is 0 Å². The first-order valence-corrected chi connectivity index (χ1v) is 6.52. The SMILES string of the molecule is CC1CCN(N(Cc2ccccc2)C(N)=O)CC1. The number of rotatable bonds is 3. The zero-order valence-corrected chi connectivity index (χ0v) is 10.9. The minimum atomic E-state index is -0.367. The number of hydrogen-bond acceptors (Lipinski definition) is 2. The molecule has 0 atom stereocenters. The summed E-state index contributed by atoms with van der Waals surface area (Å²) in [6.45, 7) is 4.64.